The molecule has 3 heterocycles. The average Bonchev–Trinajstić information content (AvgIpc) is 3.25. The number of sulfone groups is 1. The summed E-state index contributed by atoms with van der Waals surface area (Å²) in [5, 5.41) is 6.81. The number of carbonyl (C=O) groups excluding carboxylic acids is 1. The summed E-state index contributed by atoms with van der Waals surface area (Å²) >= 11 is 0. The van der Waals surface area contributed by atoms with Gasteiger partial charge in [-0.25, -0.2) is 13.4 Å². The van der Waals surface area contributed by atoms with Gasteiger partial charge in [0.1, 0.15) is 5.76 Å². The Labute approximate surface area is 149 Å². The molecular weight excluding hydrogens is 356 g/mol. The number of hydrogen-bond donors (Lipinski definition) is 1. The Balaban J connectivity index is 1.61. The second kappa shape index (κ2) is 5.80. The van der Waals surface area contributed by atoms with E-state index in [1.165, 1.54) is 0 Å². The van der Waals surface area contributed by atoms with E-state index in [9.17, 15) is 13.2 Å². The van der Waals surface area contributed by atoms with Crippen LogP contribution in [0.1, 0.15) is 27.9 Å². The number of amides is 1. The molecule has 1 unspecified atom stereocenters. The molecule has 26 heavy (non-hydrogen) atoms. The highest BCUT2D eigenvalue weighted by molar-refractivity contribution is 7.91. The van der Waals surface area contributed by atoms with Crippen LogP contribution >= 0.6 is 0 Å². The van der Waals surface area contributed by atoms with Gasteiger partial charge in [0, 0.05) is 13.2 Å². The van der Waals surface area contributed by atoms with E-state index in [1.807, 2.05) is 0 Å². The third kappa shape index (κ3) is 2.70. The Bertz CT molecular complexity index is 1110. The molecule has 0 saturated carbocycles. The third-order valence-corrected chi connectivity index (χ3v) is 6.10. The van der Waals surface area contributed by atoms with Crippen molar-refractivity contribution >= 4 is 15.7 Å². The molecule has 0 aliphatic carbocycles. The van der Waals surface area contributed by atoms with Crippen molar-refractivity contribution in [2.75, 3.05) is 5.75 Å². The van der Waals surface area contributed by atoms with E-state index < -0.39 is 21.8 Å². The Morgan fingerprint density at radius 1 is 1.35 bits per heavy atom. The summed E-state index contributed by atoms with van der Waals surface area (Å²) in [7, 11) is -1.63. The molecule has 2 aromatic heterocycles. The van der Waals surface area contributed by atoms with Gasteiger partial charge in [0.05, 0.1) is 28.5 Å². The zero-order valence-corrected chi connectivity index (χ0v) is 14.9. The summed E-state index contributed by atoms with van der Waals surface area (Å²) in [5.74, 6) is 0.0127. The highest BCUT2D eigenvalue weighted by atomic mass is 32.2. The van der Waals surface area contributed by atoms with Crippen molar-refractivity contribution in [3.8, 4) is 11.5 Å². The van der Waals surface area contributed by atoms with Crippen LogP contribution in [0.4, 0.5) is 0 Å². The number of rotatable bonds is 3. The molecule has 1 amide bonds. The van der Waals surface area contributed by atoms with Crippen molar-refractivity contribution in [1.29, 1.82) is 0 Å². The summed E-state index contributed by atoms with van der Waals surface area (Å²) in [6.45, 7) is 1.64. The van der Waals surface area contributed by atoms with Crippen molar-refractivity contribution in [2.45, 2.75) is 17.9 Å². The number of benzene rings is 1. The van der Waals surface area contributed by atoms with Gasteiger partial charge in [-0.05, 0) is 18.6 Å². The molecule has 0 fully saturated rings. The Kier molecular flexibility index (Phi) is 3.69. The van der Waals surface area contributed by atoms with Crippen molar-refractivity contribution < 1.29 is 17.6 Å². The highest BCUT2D eigenvalue weighted by Crippen LogP contribution is 2.33. The summed E-state index contributed by atoms with van der Waals surface area (Å²) in [4.78, 5) is 17.2. The van der Waals surface area contributed by atoms with E-state index in [0.29, 0.717) is 22.8 Å². The van der Waals surface area contributed by atoms with Gasteiger partial charge in [0.15, 0.2) is 15.5 Å². The first-order valence-electron chi connectivity index (χ1n) is 7.94. The molecule has 1 aromatic carbocycles. The zero-order chi connectivity index (χ0) is 18.5. The molecule has 8 nitrogen and oxygen atoms in total. The van der Waals surface area contributed by atoms with Gasteiger partial charge in [0.2, 0.25) is 5.89 Å². The minimum absolute atomic E-state index is 0.130. The number of nitrogens with zero attached hydrogens (tertiary/aromatic N) is 3. The van der Waals surface area contributed by atoms with Crippen LogP contribution < -0.4 is 5.32 Å². The number of aromatic nitrogens is 3. The lowest BCUT2D eigenvalue weighted by Gasteiger charge is -2.11. The van der Waals surface area contributed by atoms with E-state index in [0.717, 1.165) is 0 Å². The number of hydrogen-bond acceptors (Lipinski definition) is 6. The Morgan fingerprint density at radius 2 is 2.12 bits per heavy atom. The van der Waals surface area contributed by atoms with E-state index in [-0.39, 0.29) is 16.3 Å². The maximum atomic E-state index is 12.6. The number of carbonyl (C=O) groups is 1. The molecule has 1 atom stereocenters. The predicted molar refractivity (Wildman–Crippen MR) is 92.1 cm³/mol. The van der Waals surface area contributed by atoms with E-state index in [2.05, 4.69) is 15.4 Å². The minimum atomic E-state index is -3.40. The lowest BCUT2D eigenvalue weighted by Crippen LogP contribution is -2.30. The van der Waals surface area contributed by atoms with Crippen molar-refractivity contribution in [1.82, 2.24) is 20.1 Å². The molecule has 9 heteroatoms. The highest BCUT2D eigenvalue weighted by Gasteiger charge is 2.36. The van der Waals surface area contributed by atoms with Crippen molar-refractivity contribution in [2.24, 2.45) is 7.05 Å². The largest absolute Gasteiger partial charge is 0.440 e. The van der Waals surface area contributed by atoms with Gasteiger partial charge in [-0.1, -0.05) is 18.2 Å². The number of fused-ring (bicyclic) bond motifs is 1. The van der Waals surface area contributed by atoms with Gasteiger partial charge in [-0.3, -0.25) is 9.48 Å². The predicted octanol–water partition coefficient (Wildman–Crippen LogP) is 1.64. The van der Waals surface area contributed by atoms with Crippen LogP contribution in [0.25, 0.3) is 11.5 Å². The maximum Gasteiger partial charge on any atom is 0.274 e. The summed E-state index contributed by atoms with van der Waals surface area (Å²) < 4.78 is 31.7. The van der Waals surface area contributed by atoms with Crippen LogP contribution in [0.5, 0.6) is 0 Å². The van der Waals surface area contributed by atoms with Crippen LogP contribution in [0.2, 0.25) is 0 Å². The van der Waals surface area contributed by atoms with E-state index >= 15 is 0 Å². The van der Waals surface area contributed by atoms with Crippen LogP contribution in [0, 0.1) is 6.92 Å². The molecular formula is C17H16N4O4S. The quantitative estimate of drug-likeness (QED) is 0.749. The van der Waals surface area contributed by atoms with Crippen molar-refractivity contribution in [3.05, 3.63) is 53.7 Å². The second-order valence-electron chi connectivity index (χ2n) is 6.17. The van der Waals surface area contributed by atoms with Gasteiger partial charge in [-0.2, -0.15) is 5.10 Å². The SMILES string of the molecule is Cc1oc(-c2cnn(C)c2)nc1C(=O)NC1CS(=O)(=O)c2ccccc21. The molecule has 3 aromatic rings. The van der Waals surface area contributed by atoms with Crippen LogP contribution in [-0.4, -0.2) is 34.8 Å². The van der Waals surface area contributed by atoms with Gasteiger partial charge >= 0.3 is 0 Å². The van der Waals surface area contributed by atoms with Crippen LogP contribution in [0.3, 0.4) is 0 Å². The molecule has 0 radical (unpaired) electrons. The van der Waals surface area contributed by atoms with Gasteiger partial charge in [-0.15, -0.1) is 0 Å². The molecule has 0 saturated heterocycles. The lowest BCUT2D eigenvalue weighted by atomic mass is 10.1. The maximum absolute atomic E-state index is 12.6. The van der Waals surface area contributed by atoms with E-state index in [1.54, 1.807) is 55.3 Å². The normalized spacial score (nSPS) is 17.8. The zero-order valence-electron chi connectivity index (χ0n) is 14.1. The first-order valence-corrected chi connectivity index (χ1v) is 9.59. The first kappa shape index (κ1) is 16.5. The minimum Gasteiger partial charge on any atom is -0.440 e. The lowest BCUT2D eigenvalue weighted by molar-refractivity contribution is 0.0935. The fraction of sp³-hybridized carbons (Fsp3) is 0.235. The summed E-state index contributed by atoms with van der Waals surface area (Å²) in [6.07, 6.45) is 3.32. The van der Waals surface area contributed by atoms with Gasteiger partial charge in [0.25, 0.3) is 5.91 Å². The van der Waals surface area contributed by atoms with Crippen molar-refractivity contribution in [3.63, 3.8) is 0 Å². The monoisotopic (exact) mass is 372 g/mol. The summed E-state index contributed by atoms with van der Waals surface area (Å²) in [6, 6.07) is 6.07. The third-order valence-electron chi connectivity index (χ3n) is 4.28. The first-order chi connectivity index (χ1) is 12.3. The fourth-order valence-corrected chi connectivity index (χ4v) is 4.80. The molecule has 0 bridgehead atoms. The van der Waals surface area contributed by atoms with Crippen LogP contribution in [-0.2, 0) is 16.9 Å². The van der Waals surface area contributed by atoms with Crippen LogP contribution in [0.15, 0.2) is 46.0 Å². The summed E-state index contributed by atoms with van der Waals surface area (Å²) in [5.41, 5.74) is 1.38. The Morgan fingerprint density at radius 3 is 2.85 bits per heavy atom. The number of oxazole rings is 1. The molecule has 4 rings (SSSR count). The smallest absolute Gasteiger partial charge is 0.274 e. The molecule has 134 valence electrons. The van der Waals surface area contributed by atoms with E-state index in [4.69, 9.17) is 4.42 Å². The second-order valence-corrected chi connectivity index (χ2v) is 8.17. The average molecular weight is 372 g/mol. The topological polar surface area (TPSA) is 107 Å². The molecule has 0 spiro atoms. The van der Waals surface area contributed by atoms with Gasteiger partial charge < -0.3 is 9.73 Å². The Hall–Kier alpha value is -2.94. The molecule has 1 aliphatic rings. The fourth-order valence-electron chi connectivity index (χ4n) is 3.06. The molecule has 1 N–H and O–H groups in total. The number of nitrogens with one attached hydrogen (secondary N) is 1. The standard InChI is InChI=1S/C17H16N4O4S/c1-10-15(20-17(25-10)11-7-18-21(2)8-11)16(22)19-13-9-26(23,24)14-6-4-3-5-12(13)14/h3-8,13H,9H2,1-2H3,(H,19,22). The molecule has 1 aliphatic heterocycles. The number of aryl methyl sites for hydroxylation is 2.